The van der Waals surface area contributed by atoms with Gasteiger partial charge in [-0.3, -0.25) is 4.99 Å². The van der Waals surface area contributed by atoms with Gasteiger partial charge in [0.2, 0.25) is 0 Å². The third kappa shape index (κ3) is 2.59. The van der Waals surface area contributed by atoms with E-state index in [-0.39, 0.29) is 0 Å². The summed E-state index contributed by atoms with van der Waals surface area (Å²) in [6, 6.07) is 11.5. The first-order valence-electron chi connectivity index (χ1n) is 7.01. The van der Waals surface area contributed by atoms with Crippen LogP contribution in [-0.4, -0.2) is 11.8 Å². The van der Waals surface area contributed by atoms with Crippen LogP contribution in [-0.2, 0) is 6.42 Å². The van der Waals surface area contributed by atoms with Gasteiger partial charge in [-0.15, -0.1) is 0 Å². The second-order valence-electron chi connectivity index (χ2n) is 5.50. The van der Waals surface area contributed by atoms with Crippen molar-refractivity contribution in [3.63, 3.8) is 0 Å². The van der Waals surface area contributed by atoms with E-state index in [9.17, 15) is 0 Å². The smallest absolute Gasteiger partial charge is 0.0530 e. The number of aliphatic imine (C=N–C) groups is 1. The SMILES string of the molecule is c1ccc(CCC2=N[C@H]3CCCC[C@H]3C2)cc1. The Hall–Kier alpha value is -1.11. The zero-order chi connectivity index (χ0) is 11.5. The summed E-state index contributed by atoms with van der Waals surface area (Å²) in [7, 11) is 0. The Balaban J connectivity index is 1.56. The second kappa shape index (κ2) is 5.03. The quantitative estimate of drug-likeness (QED) is 0.739. The number of rotatable bonds is 3. The predicted molar refractivity (Wildman–Crippen MR) is 72.6 cm³/mol. The first-order valence-corrected chi connectivity index (χ1v) is 7.01. The second-order valence-corrected chi connectivity index (χ2v) is 5.50. The van der Waals surface area contributed by atoms with E-state index in [1.54, 1.807) is 0 Å². The van der Waals surface area contributed by atoms with Crippen molar-refractivity contribution in [3.05, 3.63) is 35.9 Å². The molecule has 1 aromatic carbocycles. The van der Waals surface area contributed by atoms with Crippen LogP contribution < -0.4 is 0 Å². The molecule has 1 fully saturated rings. The molecule has 1 nitrogen and oxygen atoms in total. The Bertz CT molecular complexity index is 393. The van der Waals surface area contributed by atoms with E-state index in [1.807, 2.05) is 0 Å². The van der Waals surface area contributed by atoms with Gasteiger partial charge in [0.15, 0.2) is 0 Å². The van der Waals surface area contributed by atoms with Gasteiger partial charge in [0.05, 0.1) is 6.04 Å². The minimum atomic E-state index is 0.689. The molecule has 0 aromatic heterocycles. The van der Waals surface area contributed by atoms with Gasteiger partial charge in [-0.2, -0.15) is 0 Å². The third-order valence-corrected chi connectivity index (χ3v) is 4.26. The van der Waals surface area contributed by atoms with E-state index in [0.717, 1.165) is 5.92 Å². The van der Waals surface area contributed by atoms with E-state index >= 15 is 0 Å². The topological polar surface area (TPSA) is 12.4 Å². The minimum Gasteiger partial charge on any atom is -0.290 e. The van der Waals surface area contributed by atoms with Crippen molar-refractivity contribution in [2.45, 2.75) is 51.0 Å². The van der Waals surface area contributed by atoms with Crippen molar-refractivity contribution >= 4 is 5.71 Å². The molecule has 3 rings (SSSR count). The van der Waals surface area contributed by atoms with Gasteiger partial charge >= 0.3 is 0 Å². The summed E-state index contributed by atoms with van der Waals surface area (Å²) in [4.78, 5) is 4.94. The maximum absolute atomic E-state index is 4.94. The van der Waals surface area contributed by atoms with E-state index in [2.05, 4.69) is 30.3 Å². The summed E-state index contributed by atoms with van der Waals surface area (Å²) in [5.41, 5.74) is 2.94. The average molecular weight is 227 g/mol. The molecule has 0 bridgehead atoms. The molecule has 0 saturated heterocycles. The number of fused-ring (bicyclic) bond motifs is 1. The number of aryl methyl sites for hydroxylation is 1. The summed E-state index contributed by atoms with van der Waals surface area (Å²) < 4.78 is 0. The van der Waals surface area contributed by atoms with Gasteiger partial charge in [-0.1, -0.05) is 43.2 Å². The molecule has 17 heavy (non-hydrogen) atoms. The molecule has 1 aliphatic heterocycles. The van der Waals surface area contributed by atoms with Gasteiger partial charge < -0.3 is 0 Å². The summed E-state index contributed by atoms with van der Waals surface area (Å²) in [6.45, 7) is 0. The molecule has 90 valence electrons. The Labute approximate surface area is 104 Å². The molecular weight excluding hydrogens is 206 g/mol. The lowest BCUT2D eigenvalue weighted by molar-refractivity contribution is 0.337. The predicted octanol–water partition coefficient (Wildman–Crippen LogP) is 4.02. The van der Waals surface area contributed by atoms with Gasteiger partial charge in [-0.25, -0.2) is 0 Å². The lowest BCUT2D eigenvalue weighted by atomic mass is 9.84. The minimum absolute atomic E-state index is 0.689. The first-order chi connectivity index (χ1) is 8.42. The molecule has 0 N–H and O–H groups in total. The van der Waals surface area contributed by atoms with Crippen LogP contribution in [0.5, 0.6) is 0 Å². The molecule has 1 aromatic rings. The maximum Gasteiger partial charge on any atom is 0.0530 e. The summed E-state index contributed by atoms with van der Waals surface area (Å²) in [6.07, 6.45) is 9.23. The Morgan fingerprint density at radius 1 is 1.00 bits per heavy atom. The lowest BCUT2D eigenvalue weighted by Gasteiger charge is -2.22. The average Bonchev–Trinajstić information content (AvgIpc) is 2.80. The summed E-state index contributed by atoms with van der Waals surface area (Å²) in [5.74, 6) is 0.898. The van der Waals surface area contributed by atoms with Crippen LogP contribution in [0.4, 0.5) is 0 Å². The molecule has 0 spiro atoms. The third-order valence-electron chi connectivity index (χ3n) is 4.26. The van der Waals surface area contributed by atoms with Crippen LogP contribution >= 0.6 is 0 Å². The Kier molecular flexibility index (Phi) is 3.26. The molecule has 1 saturated carbocycles. The van der Waals surface area contributed by atoms with Crippen molar-refractivity contribution in [2.75, 3.05) is 0 Å². The molecule has 1 aliphatic carbocycles. The molecule has 0 amide bonds. The molecule has 1 heteroatoms. The van der Waals surface area contributed by atoms with Crippen LogP contribution in [0.3, 0.4) is 0 Å². The lowest BCUT2D eigenvalue weighted by Crippen LogP contribution is -2.18. The summed E-state index contributed by atoms with van der Waals surface area (Å²) >= 11 is 0. The summed E-state index contributed by atoms with van der Waals surface area (Å²) in [5, 5.41) is 0. The number of hydrogen-bond donors (Lipinski definition) is 0. The number of benzene rings is 1. The van der Waals surface area contributed by atoms with Crippen LogP contribution in [0, 0.1) is 5.92 Å². The van der Waals surface area contributed by atoms with Crippen molar-refractivity contribution in [1.82, 2.24) is 0 Å². The zero-order valence-electron chi connectivity index (χ0n) is 10.4. The van der Waals surface area contributed by atoms with E-state index in [0.29, 0.717) is 6.04 Å². The van der Waals surface area contributed by atoms with Gasteiger partial charge in [0, 0.05) is 5.71 Å². The molecular formula is C16H21N. The highest BCUT2D eigenvalue weighted by Gasteiger charge is 2.30. The standard InChI is InChI=1S/C16H21N/c1-2-6-13(7-3-1)10-11-15-12-14-8-4-5-9-16(14)17-15/h1-3,6-7,14,16H,4-5,8-12H2/t14-,16-/m0/s1. The van der Waals surface area contributed by atoms with Crippen LogP contribution in [0.25, 0.3) is 0 Å². The van der Waals surface area contributed by atoms with E-state index in [4.69, 9.17) is 4.99 Å². The fourth-order valence-electron chi connectivity index (χ4n) is 3.29. The number of hydrogen-bond acceptors (Lipinski definition) is 1. The van der Waals surface area contributed by atoms with Crippen LogP contribution in [0.2, 0.25) is 0 Å². The fraction of sp³-hybridized carbons (Fsp3) is 0.562. The molecule has 1 heterocycles. The zero-order valence-corrected chi connectivity index (χ0v) is 10.4. The molecule has 0 unspecified atom stereocenters. The highest BCUT2D eigenvalue weighted by molar-refractivity contribution is 5.86. The van der Waals surface area contributed by atoms with Gasteiger partial charge in [0.1, 0.15) is 0 Å². The Morgan fingerprint density at radius 2 is 1.82 bits per heavy atom. The molecule has 2 atom stereocenters. The molecule has 2 aliphatic rings. The fourth-order valence-corrected chi connectivity index (χ4v) is 3.29. The number of nitrogens with zero attached hydrogens (tertiary/aromatic N) is 1. The van der Waals surface area contributed by atoms with Gasteiger partial charge in [-0.05, 0) is 43.6 Å². The van der Waals surface area contributed by atoms with Crippen molar-refractivity contribution in [2.24, 2.45) is 10.9 Å². The molecule has 0 radical (unpaired) electrons. The highest BCUT2D eigenvalue weighted by Crippen LogP contribution is 2.35. The van der Waals surface area contributed by atoms with Crippen molar-refractivity contribution in [3.8, 4) is 0 Å². The first kappa shape index (κ1) is 11.0. The van der Waals surface area contributed by atoms with E-state index < -0.39 is 0 Å². The van der Waals surface area contributed by atoms with Gasteiger partial charge in [0.25, 0.3) is 0 Å². The van der Waals surface area contributed by atoms with Crippen LogP contribution in [0.15, 0.2) is 35.3 Å². The Morgan fingerprint density at radius 3 is 2.65 bits per heavy atom. The largest absolute Gasteiger partial charge is 0.290 e. The van der Waals surface area contributed by atoms with Crippen molar-refractivity contribution in [1.29, 1.82) is 0 Å². The van der Waals surface area contributed by atoms with Crippen LogP contribution in [0.1, 0.15) is 44.1 Å². The highest BCUT2D eigenvalue weighted by atomic mass is 14.9. The van der Waals surface area contributed by atoms with E-state index in [1.165, 1.54) is 56.2 Å². The monoisotopic (exact) mass is 227 g/mol. The van der Waals surface area contributed by atoms with Crippen molar-refractivity contribution < 1.29 is 0 Å². The normalized spacial score (nSPS) is 27.6. The maximum atomic E-state index is 4.94.